The van der Waals surface area contributed by atoms with Crippen LogP contribution >= 0.6 is 15.9 Å². The molecule has 1 aliphatic carbocycles. The molecule has 0 saturated heterocycles. The highest BCUT2D eigenvalue weighted by Crippen LogP contribution is 2.38. The van der Waals surface area contributed by atoms with Gasteiger partial charge >= 0.3 is 0 Å². The Morgan fingerprint density at radius 1 is 1.35 bits per heavy atom. The van der Waals surface area contributed by atoms with E-state index in [2.05, 4.69) is 20.5 Å². The molecule has 0 N–H and O–H groups in total. The predicted octanol–water partition coefficient (Wildman–Crippen LogP) is 4.25. The fourth-order valence-electron chi connectivity index (χ4n) is 2.46. The number of rotatable bonds is 4. The Bertz CT molecular complexity index is 617. The van der Waals surface area contributed by atoms with Crippen LogP contribution < -0.4 is 4.90 Å². The second-order valence-electron chi connectivity index (χ2n) is 5.07. The summed E-state index contributed by atoms with van der Waals surface area (Å²) in [5, 5.41) is 0. The molecule has 1 fully saturated rings. The van der Waals surface area contributed by atoms with E-state index in [1.807, 2.05) is 54.4 Å². The Morgan fingerprint density at radius 3 is 2.65 bits per heavy atom. The SMILES string of the molecule is CCN(C(=O)c1cc(Br)cn1C1CC1)c1ccccc1. The summed E-state index contributed by atoms with van der Waals surface area (Å²) < 4.78 is 3.08. The summed E-state index contributed by atoms with van der Waals surface area (Å²) in [7, 11) is 0. The highest BCUT2D eigenvalue weighted by Gasteiger charge is 2.29. The second-order valence-corrected chi connectivity index (χ2v) is 5.98. The first-order chi connectivity index (χ1) is 9.70. The van der Waals surface area contributed by atoms with Crippen molar-refractivity contribution in [2.24, 2.45) is 0 Å². The van der Waals surface area contributed by atoms with Gasteiger partial charge in [-0.2, -0.15) is 0 Å². The van der Waals surface area contributed by atoms with E-state index in [1.165, 1.54) is 12.8 Å². The van der Waals surface area contributed by atoms with Crippen molar-refractivity contribution in [2.75, 3.05) is 11.4 Å². The van der Waals surface area contributed by atoms with Gasteiger partial charge in [-0.25, -0.2) is 0 Å². The summed E-state index contributed by atoms with van der Waals surface area (Å²) >= 11 is 3.48. The Balaban J connectivity index is 1.94. The molecule has 1 aromatic heterocycles. The molecular formula is C16H17BrN2O. The monoisotopic (exact) mass is 332 g/mol. The summed E-state index contributed by atoms with van der Waals surface area (Å²) in [6.07, 6.45) is 4.35. The maximum Gasteiger partial charge on any atom is 0.274 e. The van der Waals surface area contributed by atoms with Crippen LogP contribution in [0.3, 0.4) is 0 Å². The van der Waals surface area contributed by atoms with Crippen LogP contribution in [0.5, 0.6) is 0 Å². The van der Waals surface area contributed by atoms with Gasteiger partial charge in [0, 0.05) is 28.9 Å². The number of nitrogens with zero attached hydrogens (tertiary/aromatic N) is 2. The average molecular weight is 333 g/mol. The normalized spacial score (nSPS) is 14.3. The largest absolute Gasteiger partial charge is 0.339 e. The van der Waals surface area contributed by atoms with Crippen molar-refractivity contribution in [3.05, 3.63) is 52.8 Å². The molecule has 104 valence electrons. The van der Waals surface area contributed by atoms with E-state index >= 15 is 0 Å². The van der Waals surface area contributed by atoms with Crippen LogP contribution in [-0.2, 0) is 0 Å². The average Bonchev–Trinajstić information content (AvgIpc) is 3.23. The molecule has 20 heavy (non-hydrogen) atoms. The second kappa shape index (κ2) is 5.44. The van der Waals surface area contributed by atoms with E-state index in [0.717, 1.165) is 15.9 Å². The predicted molar refractivity (Wildman–Crippen MR) is 84.2 cm³/mol. The minimum atomic E-state index is 0.0660. The number of hydrogen-bond donors (Lipinski definition) is 0. The number of amides is 1. The summed E-state index contributed by atoms with van der Waals surface area (Å²) in [6, 6.07) is 12.2. The Hall–Kier alpha value is -1.55. The van der Waals surface area contributed by atoms with Gasteiger partial charge in [0.15, 0.2) is 0 Å². The zero-order valence-electron chi connectivity index (χ0n) is 11.4. The molecule has 0 radical (unpaired) electrons. The molecule has 1 amide bonds. The van der Waals surface area contributed by atoms with Crippen LogP contribution in [-0.4, -0.2) is 17.0 Å². The van der Waals surface area contributed by atoms with E-state index < -0.39 is 0 Å². The quantitative estimate of drug-likeness (QED) is 0.821. The molecule has 0 bridgehead atoms. The fourth-order valence-corrected chi connectivity index (χ4v) is 2.90. The van der Waals surface area contributed by atoms with Gasteiger partial charge in [-0.05, 0) is 53.9 Å². The number of para-hydroxylation sites is 1. The Kier molecular flexibility index (Phi) is 3.66. The fraction of sp³-hybridized carbons (Fsp3) is 0.312. The molecule has 3 rings (SSSR count). The van der Waals surface area contributed by atoms with Crippen LogP contribution in [0.2, 0.25) is 0 Å². The molecule has 1 aliphatic rings. The van der Waals surface area contributed by atoms with Gasteiger partial charge in [0.2, 0.25) is 0 Å². The van der Waals surface area contributed by atoms with Gasteiger partial charge < -0.3 is 9.47 Å². The number of carbonyl (C=O) groups is 1. The lowest BCUT2D eigenvalue weighted by Gasteiger charge is -2.21. The first-order valence-electron chi connectivity index (χ1n) is 6.95. The van der Waals surface area contributed by atoms with Gasteiger partial charge in [-0.3, -0.25) is 4.79 Å². The molecule has 2 aromatic rings. The van der Waals surface area contributed by atoms with Crippen LogP contribution in [0, 0.1) is 0 Å². The molecule has 0 atom stereocenters. The van der Waals surface area contributed by atoms with E-state index in [0.29, 0.717) is 12.6 Å². The Labute approximate surface area is 127 Å². The van der Waals surface area contributed by atoms with Gasteiger partial charge in [0.1, 0.15) is 5.69 Å². The summed E-state index contributed by atoms with van der Waals surface area (Å²) in [5.41, 5.74) is 1.71. The molecule has 0 unspecified atom stereocenters. The molecule has 1 heterocycles. The number of hydrogen-bond acceptors (Lipinski definition) is 1. The van der Waals surface area contributed by atoms with Crippen molar-refractivity contribution in [1.29, 1.82) is 0 Å². The number of aromatic nitrogens is 1. The first-order valence-corrected chi connectivity index (χ1v) is 7.74. The lowest BCUT2D eigenvalue weighted by Crippen LogP contribution is -2.32. The van der Waals surface area contributed by atoms with Crippen LogP contribution in [0.4, 0.5) is 5.69 Å². The van der Waals surface area contributed by atoms with Crippen molar-refractivity contribution < 1.29 is 4.79 Å². The lowest BCUT2D eigenvalue weighted by molar-refractivity contribution is 0.0979. The van der Waals surface area contributed by atoms with E-state index in [1.54, 1.807) is 0 Å². The maximum atomic E-state index is 12.8. The van der Waals surface area contributed by atoms with E-state index in [-0.39, 0.29) is 5.91 Å². The van der Waals surface area contributed by atoms with Crippen molar-refractivity contribution in [3.63, 3.8) is 0 Å². The molecule has 1 aromatic carbocycles. The molecule has 0 spiro atoms. The van der Waals surface area contributed by atoms with Crippen LogP contribution in [0.1, 0.15) is 36.3 Å². The van der Waals surface area contributed by atoms with Gasteiger partial charge in [0.05, 0.1) is 0 Å². The maximum absolute atomic E-state index is 12.8. The molecule has 3 nitrogen and oxygen atoms in total. The third kappa shape index (κ3) is 2.52. The van der Waals surface area contributed by atoms with Gasteiger partial charge in [-0.15, -0.1) is 0 Å². The summed E-state index contributed by atoms with van der Waals surface area (Å²) in [4.78, 5) is 14.6. The number of carbonyl (C=O) groups excluding carboxylic acids is 1. The van der Waals surface area contributed by atoms with Crippen molar-refractivity contribution in [3.8, 4) is 0 Å². The standard InChI is InChI=1S/C16H17BrN2O/c1-2-18(13-6-4-3-5-7-13)16(20)15-10-12(17)11-19(15)14-8-9-14/h3-7,10-11,14H,2,8-9H2,1H3. The number of halogens is 1. The third-order valence-electron chi connectivity index (χ3n) is 3.60. The van der Waals surface area contributed by atoms with Crippen LogP contribution in [0.15, 0.2) is 47.1 Å². The van der Waals surface area contributed by atoms with E-state index in [9.17, 15) is 4.79 Å². The first kappa shape index (κ1) is 13.4. The molecule has 0 aliphatic heterocycles. The number of anilines is 1. The van der Waals surface area contributed by atoms with Crippen molar-refractivity contribution >= 4 is 27.5 Å². The Morgan fingerprint density at radius 2 is 2.05 bits per heavy atom. The van der Waals surface area contributed by atoms with Crippen molar-refractivity contribution in [2.45, 2.75) is 25.8 Å². The zero-order chi connectivity index (χ0) is 14.1. The highest BCUT2D eigenvalue weighted by molar-refractivity contribution is 9.10. The third-order valence-corrected chi connectivity index (χ3v) is 4.04. The highest BCUT2D eigenvalue weighted by atomic mass is 79.9. The molecule has 4 heteroatoms. The van der Waals surface area contributed by atoms with Gasteiger partial charge in [-0.1, -0.05) is 18.2 Å². The minimum absolute atomic E-state index is 0.0660. The zero-order valence-corrected chi connectivity index (χ0v) is 13.0. The summed E-state index contributed by atoms with van der Waals surface area (Å²) in [5.74, 6) is 0.0660. The molecule has 1 saturated carbocycles. The smallest absolute Gasteiger partial charge is 0.274 e. The number of benzene rings is 1. The van der Waals surface area contributed by atoms with Crippen molar-refractivity contribution in [1.82, 2.24) is 4.57 Å². The molecular weight excluding hydrogens is 316 g/mol. The van der Waals surface area contributed by atoms with Crippen LogP contribution in [0.25, 0.3) is 0 Å². The topological polar surface area (TPSA) is 25.2 Å². The lowest BCUT2D eigenvalue weighted by atomic mass is 10.2. The van der Waals surface area contributed by atoms with E-state index in [4.69, 9.17) is 0 Å². The van der Waals surface area contributed by atoms with Gasteiger partial charge in [0.25, 0.3) is 5.91 Å². The minimum Gasteiger partial charge on any atom is -0.339 e. The summed E-state index contributed by atoms with van der Waals surface area (Å²) in [6.45, 7) is 2.67.